The summed E-state index contributed by atoms with van der Waals surface area (Å²) in [6, 6.07) is 24.6. The zero-order chi connectivity index (χ0) is 47.5. The van der Waals surface area contributed by atoms with Gasteiger partial charge in [-0.15, -0.1) is 0 Å². The third-order valence-corrected chi connectivity index (χ3v) is 10.6. The van der Waals surface area contributed by atoms with E-state index in [1.165, 1.54) is 27.5 Å². The van der Waals surface area contributed by atoms with E-state index < -0.39 is 24.1 Å². The van der Waals surface area contributed by atoms with Crippen molar-refractivity contribution in [3.63, 3.8) is 0 Å². The molecule has 1 atom stereocenters. The zero-order valence-corrected chi connectivity index (χ0v) is 39.0. The fraction of sp³-hybridized carbons (Fsp3) is 0.146. The van der Waals surface area contributed by atoms with E-state index in [1.54, 1.807) is 85.9 Å². The van der Waals surface area contributed by atoms with Crippen LogP contribution in [0, 0.1) is 20.8 Å². The predicted molar refractivity (Wildman–Crippen MR) is 253 cm³/mol. The molecule has 0 saturated carbocycles. The average Bonchev–Trinajstić information content (AvgIpc) is 3.31. The van der Waals surface area contributed by atoms with Crippen molar-refractivity contribution in [1.82, 2.24) is 25.3 Å². The van der Waals surface area contributed by atoms with E-state index in [9.17, 15) is 14.4 Å². The maximum Gasteiger partial charge on any atom is 0.350 e. The molecule has 3 heterocycles. The molecule has 66 heavy (non-hydrogen) atoms. The van der Waals surface area contributed by atoms with Gasteiger partial charge >= 0.3 is 17.9 Å². The number of nitrogens with zero attached hydrogens (tertiary/aromatic N) is 4. The number of carbonyl (C=O) groups excluding carboxylic acids is 3. The first kappa shape index (κ1) is 48.5. The number of hydrogen-bond acceptors (Lipinski definition) is 14. The molecular formula is C48H39Cl4N5O9. The molecule has 1 aliphatic heterocycles. The lowest BCUT2D eigenvalue weighted by Crippen LogP contribution is -2.29. The third kappa shape index (κ3) is 11.5. The standard InChI is InChI=1S/C17H12Cl2N2O3.C17H13ClN2O3.C14H14ClNO3/c1-9-7-8-10(18)13(14(9)23-2)17(22)24-16-15(19)20-11-5-3-4-6-12(11)21-16;1-10-7-8-11(18)15(16(10)22-2)17(21)23-14-9-19-12-5-3-4-6-13(12)20-14;1-9-6-7-10(15)12(13(9)18-2)14(17)19-11-5-3-4-8-16-11/h3-8H,1-2H3;3-9H,1-2H3;3-8,11,16H,1-2H3. The van der Waals surface area contributed by atoms with Gasteiger partial charge in [-0.3, -0.25) is 0 Å². The summed E-state index contributed by atoms with van der Waals surface area (Å²) in [6.07, 6.45) is 7.93. The number of benzene rings is 5. The molecule has 0 aliphatic carbocycles. The minimum Gasteiger partial charge on any atom is -0.496 e. The van der Waals surface area contributed by atoms with Gasteiger partial charge in [-0.25, -0.2) is 34.3 Å². The van der Waals surface area contributed by atoms with Crippen LogP contribution in [0.4, 0.5) is 0 Å². The lowest BCUT2D eigenvalue weighted by Gasteiger charge is -2.18. The Labute approximate surface area is 399 Å². The molecular weight excluding hydrogens is 932 g/mol. The molecule has 0 radical (unpaired) electrons. The van der Waals surface area contributed by atoms with E-state index in [0.29, 0.717) is 38.8 Å². The SMILES string of the molecule is COc1c(C)ccc(Cl)c1C(=O)OC1C=CC=CN1.COc1c(C)ccc(Cl)c1C(=O)Oc1cnc2ccccc2n1.COc1c(C)ccc(Cl)c1C(=O)Oc1nc2ccccc2nc1Cl. The van der Waals surface area contributed by atoms with Gasteiger partial charge in [0.05, 0.1) is 64.7 Å². The number of ether oxygens (including phenoxy) is 6. The van der Waals surface area contributed by atoms with Gasteiger partial charge in [-0.2, -0.15) is 0 Å². The number of esters is 3. The number of allylic oxidation sites excluding steroid dienone is 2. The number of hydrogen-bond donors (Lipinski definition) is 1. The molecule has 338 valence electrons. The maximum atomic E-state index is 12.5. The number of halogens is 4. The molecule has 18 heteroatoms. The number of aryl methyl sites for hydroxylation is 3. The van der Waals surface area contributed by atoms with Crippen LogP contribution >= 0.6 is 46.4 Å². The summed E-state index contributed by atoms with van der Waals surface area (Å²) in [7, 11) is 4.43. The van der Waals surface area contributed by atoms with E-state index in [0.717, 1.165) is 22.2 Å². The summed E-state index contributed by atoms with van der Waals surface area (Å²) >= 11 is 24.4. The summed E-state index contributed by atoms with van der Waals surface area (Å²) in [5, 5.41) is 3.67. The van der Waals surface area contributed by atoms with Gasteiger partial charge in [0.2, 0.25) is 5.88 Å². The van der Waals surface area contributed by atoms with E-state index in [4.69, 9.17) is 74.8 Å². The molecule has 0 saturated heterocycles. The summed E-state index contributed by atoms with van der Waals surface area (Å²) in [6.45, 7) is 5.46. The molecule has 1 unspecified atom stereocenters. The molecule has 5 aromatic carbocycles. The van der Waals surface area contributed by atoms with Crippen molar-refractivity contribution in [3.05, 3.63) is 169 Å². The Balaban J connectivity index is 0.000000165. The highest BCUT2D eigenvalue weighted by Crippen LogP contribution is 2.34. The number of dihydropyridines is 1. The minimum absolute atomic E-state index is 0.00945. The van der Waals surface area contributed by atoms with Gasteiger partial charge in [0.25, 0.3) is 5.88 Å². The molecule has 7 aromatic rings. The van der Waals surface area contributed by atoms with Crippen LogP contribution in [0.1, 0.15) is 47.8 Å². The van der Waals surface area contributed by atoms with Crippen molar-refractivity contribution in [2.24, 2.45) is 0 Å². The number of methoxy groups -OCH3 is 3. The van der Waals surface area contributed by atoms with Crippen molar-refractivity contribution in [1.29, 1.82) is 0 Å². The molecule has 0 spiro atoms. The average molecular weight is 972 g/mol. The largest absolute Gasteiger partial charge is 0.496 e. The topological polar surface area (TPSA) is 170 Å². The fourth-order valence-electron chi connectivity index (χ4n) is 6.32. The van der Waals surface area contributed by atoms with Crippen LogP contribution in [0.2, 0.25) is 20.2 Å². The molecule has 2 aromatic heterocycles. The number of rotatable bonds is 9. The van der Waals surface area contributed by atoms with Crippen molar-refractivity contribution in [2.45, 2.75) is 27.0 Å². The summed E-state index contributed by atoms with van der Waals surface area (Å²) < 4.78 is 31.7. The molecule has 8 rings (SSSR count). The van der Waals surface area contributed by atoms with Crippen molar-refractivity contribution in [3.8, 4) is 29.0 Å². The first-order valence-corrected chi connectivity index (χ1v) is 21.1. The molecule has 14 nitrogen and oxygen atoms in total. The predicted octanol–water partition coefficient (Wildman–Crippen LogP) is 11.1. The monoisotopic (exact) mass is 969 g/mol. The molecule has 0 amide bonds. The van der Waals surface area contributed by atoms with E-state index in [-0.39, 0.29) is 43.6 Å². The van der Waals surface area contributed by atoms with Crippen LogP contribution in [0.15, 0.2) is 116 Å². The van der Waals surface area contributed by atoms with E-state index >= 15 is 0 Å². The Morgan fingerprint density at radius 2 is 1.00 bits per heavy atom. The maximum absolute atomic E-state index is 12.5. The van der Waals surface area contributed by atoms with Gasteiger partial charge in [-0.1, -0.05) is 94.9 Å². The number of aromatic nitrogens is 4. The van der Waals surface area contributed by atoms with Crippen LogP contribution in [-0.2, 0) is 4.74 Å². The van der Waals surface area contributed by atoms with Gasteiger partial charge in [0.15, 0.2) is 11.4 Å². The van der Waals surface area contributed by atoms with Crippen molar-refractivity contribution < 1.29 is 42.8 Å². The highest BCUT2D eigenvalue weighted by molar-refractivity contribution is 6.35. The molecule has 0 bridgehead atoms. The number of carbonyl (C=O) groups is 3. The van der Waals surface area contributed by atoms with Crippen LogP contribution < -0.4 is 29.0 Å². The summed E-state index contributed by atoms with van der Waals surface area (Å²) in [4.78, 5) is 54.0. The Morgan fingerprint density at radius 1 is 0.545 bits per heavy atom. The fourth-order valence-corrected chi connectivity index (χ4v) is 7.17. The van der Waals surface area contributed by atoms with E-state index in [1.807, 2.05) is 44.2 Å². The lowest BCUT2D eigenvalue weighted by atomic mass is 10.1. The Morgan fingerprint density at radius 3 is 1.48 bits per heavy atom. The van der Waals surface area contributed by atoms with Gasteiger partial charge < -0.3 is 33.7 Å². The van der Waals surface area contributed by atoms with Crippen LogP contribution in [0.25, 0.3) is 22.1 Å². The van der Waals surface area contributed by atoms with Gasteiger partial charge in [0.1, 0.15) is 33.9 Å². The number of nitrogens with one attached hydrogen (secondary N) is 1. The second-order valence-electron chi connectivity index (χ2n) is 13.8. The van der Waals surface area contributed by atoms with E-state index in [2.05, 4.69) is 25.3 Å². The highest BCUT2D eigenvalue weighted by Gasteiger charge is 2.25. The van der Waals surface area contributed by atoms with Gasteiger partial charge in [0, 0.05) is 0 Å². The summed E-state index contributed by atoms with van der Waals surface area (Å²) in [5.74, 6) is -0.690. The minimum atomic E-state index is -0.716. The molecule has 1 aliphatic rings. The van der Waals surface area contributed by atoms with Crippen LogP contribution in [0.3, 0.4) is 0 Å². The second kappa shape index (κ2) is 22.3. The molecule has 0 fully saturated rings. The van der Waals surface area contributed by atoms with Gasteiger partial charge in [-0.05, 0) is 98.3 Å². The number of para-hydroxylation sites is 4. The Hall–Kier alpha value is -6.97. The van der Waals surface area contributed by atoms with Crippen LogP contribution in [0.5, 0.6) is 29.0 Å². The Bertz CT molecular complexity index is 3020. The van der Waals surface area contributed by atoms with Crippen molar-refractivity contribution in [2.75, 3.05) is 21.3 Å². The van der Waals surface area contributed by atoms with Crippen LogP contribution in [-0.4, -0.2) is 65.4 Å². The Kier molecular flexibility index (Phi) is 16.4. The quantitative estimate of drug-likeness (QED) is 0.136. The molecule has 1 N–H and O–H groups in total. The first-order valence-electron chi connectivity index (χ1n) is 19.6. The number of fused-ring (bicyclic) bond motifs is 2. The highest BCUT2D eigenvalue weighted by atomic mass is 35.5. The zero-order valence-electron chi connectivity index (χ0n) is 36.0. The smallest absolute Gasteiger partial charge is 0.350 e. The third-order valence-electron chi connectivity index (χ3n) is 9.44. The summed E-state index contributed by atoms with van der Waals surface area (Å²) in [5.41, 5.74) is 5.42. The normalized spacial score (nSPS) is 12.4. The first-order chi connectivity index (χ1) is 31.7. The van der Waals surface area contributed by atoms with Crippen molar-refractivity contribution >= 4 is 86.4 Å². The second-order valence-corrected chi connectivity index (χ2v) is 15.4. The lowest BCUT2D eigenvalue weighted by molar-refractivity contribution is 0.0352.